The molecular weight excluding hydrogens is 438 g/mol. The van der Waals surface area contributed by atoms with Crippen LogP contribution < -0.4 is 20.3 Å². The zero-order valence-electron chi connectivity index (χ0n) is 16.5. The molecule has 3 aromatic rings. The number of amides is 2. The quantitative estimate of drug-likeness (QED) is 0.458. The number of nitrogens with zero attached hydrogens (tertiary/aromatic N) is 1. The number of aryl methyl sites for hydroxylation is 1. The number of nitrogens with one attached hydrogen (secondary N) is 2. The van der Waals surface area contributed by atoms with E-state index in [2.05, 4.69) is 15.8 Å². The number of thiazole rings is 1. The Morgan fingerprint density at radius 1 is 1.13 bits per heavy atom. The molecule has 9 heteroatoms. The first-order chi connectivity index (χ1) is 15.0. The molecule has 0 spiro atoms. The summed E-state index contributed by atoms with van der Waals surface area (Å²) in [5, 5.41) is 1.14. The van der Waals surface area contributed by atoms with E-state index in [1.807, 2.05) is 30.3 Å². The van der Waals surface area contributed by atoms with Gasteiger partial charge in [-0.05, 0) is 30.7 Å². The van der Waals surface area contributed by atoms with Crippen molar-refractivity contribution < 1.29 is 19.1 Å². The van der Waals surface area contributed by atoms with Crippen LogP contribution in [0.1, 0.15) is 20.9 Å². The number of fused-ring (bicyclic) bond motifs is 1. The number of rotatable bonds is 4. The van der Waals surface area contributed by atoms with Gasteiger partial charge in [-0.1, -0.05) is 41.9 Å². The molecule has 0 fully saturated rings. The van der Waals surface area contributed by atoms with Gasteiger partial charge in [-0.2, -0.15) is 0 Å². The van der Waals surface area contributed by atoms with Crippen LogP contribution >= 0.6 is 22.9 Å². The number of aromatic nitrogens is 1. The molecule has 4 rings (SSSR count). The highest BCUT2D eigenvalue weighted by molar-refractivity contribution is 7.17. The van der Waals surface area contributed by atoms with Gasteiger partial charge >= 0.3 is 0 Å². The smallest absolute Gasteiger partial charge is 0.281 e. The zero-order valence-corrected chi connectivity index (χ0v) is 18.0. The first kappa shape index (κ1) is 20.9. The van der Waals surface area contributed by atoms with E-state index in [4.69, 9.17) is 21.1 Å². The maximum atomic E-state index is 12.5. The van der Waals surface area contributed by atoms with E-state index >= 15 is 0 Å². The fourth-order valence-electron chi connectivity index (χ4n) is 2.93. The molecule has 0 unspecified atom stereocenters. The van der Waals surface area contributed by atoms with Crippen molar-refractivity contribution in [1.29, 1.82) is 0 Å². The number of benzene rings is 2. The van der Waals surface area contributed by atoms with E-state index in [9.17, 15) is 9.59 Å². The highest BCUT2D eigenvalue weighted by Gasteiger charge is 2.17. The highest BCUT2D eigenvalue weighted by Crippen LogP contribution is 2.38. The SMILES string of the molecule is Cc1nc(-c2ccccc2)sc1C(=O)NNC(=O)/C=C/c1cc(Cl)c2c(c1)OCCO2. The first-order valence-corrected chi connectivity index (χ1v) is 10.6. The molecule has 1 aromatic heterocycles. The Morgan fingerprint density at radius 2 is 1.90 bits per heavy atom. The standard InChI is InChI=1S/C22H18ClN3O4S/c1-13-20(31-22(24-13)15-5-3-2-4-6-15)21(28)26-25-18(27)8-7-14-11-16(23)19-17(12-14)29-9-10-30-19/h2-8,11-12H,9-10H2,1H3,(H,25,27)(H,26,28)/b8-7+. The van der Waals surface area contributed by atoms with Crippen LogP contribution in [0.25, 0.3) is 16.6 Å². The second kappa shape index (κ2) is 9.20. The third-order valence-electron chi connectivity index (χ3n) is 4.37. The minimum absolute atomic E-state index is 0.403. The number of halogens is 1. The molecule has 7 nitrogen and oxygen atoms in total. The van der Waals surface area contributed by atoms with Crippen molar-refractivity contribution in [3.63, 3.8) is 0 Å². The molecule has 0 radical (unpaired) electrons. The van der Waals surface area contributed by atoms with Gasteiger partial charge in [0.15, 0.2) is 11.5 Å². The molecule has 0 atom stereocenters. The molecule has 1 aliphatic rings. The minimum atomic E-state index is -0.496. The van der Waals surface area contributed by atoms with Crippen molar-refractivity contribution in [2.75, 3.05) is 13.2 Å². The average Bonchev–Trinajstić information content (AvgIpc) is 3.18. The lowest BCUT2D eigenvalue weighted by molar-refractivity contribution is -0.117. The van der Waals surface area contributed by atoms with Crippen molar-refractivity contribution >= 4 is 40.8 Å². The third-order valence-corrected chi connectivity index (χ3v) is 5.86. The van der Waals surface area contributed by atoms with Crippen molar-refractivity contribution in [2.24, 2.45) is 0 Å². The molecule has 158 valence electrons. The Balaban J connectivity index is 1.37. The summed E-state index contributed by atoms with van der Waals surface area (Å²) in [6, 6.07) is 13.0. The van der Waals surface area contributed by atoms with Gasteiger partial charge in [0.1, 0.15) is 23.1 Å². The van der Waals surface area contributed by atoms with Crippen LogP contribution in [0.4, 0.5) is 0 Å². The van der Waals surface area contributed by atoms with Crippen molar-refractivity contribution in [3.05, 3.63) is 69.7 Å². The summed E-state index contributed by atoms with van der Waals surface area (Å²) < 4.78 is 11.0. The number of carbonyl (C=O) groups excluding carboxylic acids is 2. The fourth-order valence-corrected chi connectivity index (χ4v) is 4.17. The molecule has 2 heterocycles. The van der Waals surface area contributed by atoms with Crippen LogP contribution in [0.2, 0.25) is 5.02 Å². The summed E-state index contributed by atoms with van der Waals surface area (Å²) in [4.78, 5) is 29.5. The summed E-state index contributed by atoms with van der Waals surface area (Å²) in [6.07, 6.45) is 2.86. The molecule has 0 saturated heterocycles. The van der Waals surface area contributed by atoms with Gasteiger partial charge in [0.2, 0.25) is 0 Å². The molecule has 2 N–H and O–H groups in total. The maximum absolute atomic E-state index is 12.5. The molecule has 1 aliphatic heterocycles. The van der Waals surface area contributed by atoms with Crippen LogP contribution in [0.3, 0.4) is 0 Å². The molecule has 2 amide bonds. The Labute approximate surface area is 187 Å². The Morgan fingerprint density at radius 3 is 2.71 bits per heavy atom. The predicted molar refractivity (Wildman–Crippen MR) is 119 cm³/mol. The van der Waals surface area contributed by atoms with Crippen molar-refractivity contribution in [2.45, 2.75) is 6.92 Å². The molecule has 2 aromatic carbocycles. The number of hydrogen-bond donors (Lipinski definition) is 2. The van der Waals surface area contributed by atoms with E-state index in [0.717, 1.165) is 10.6 Å². The van der Waals surface area contributed by atoms with Gasteiger partial charge < -0.3 is 9.47 Å². The summed E-state index contributed by atoms with van der Waals surface area (Å²) in [6.45, 7) is 2.63. The zero-order chi connectivity index (χ0) is 21.8. The van der Waals surface area contributed by atoms with Gasteiger partial charge in [0.25, 0.3) is 11.8 Å². The Hall–Kier alpha value is -3.36. The summed E-state index contributed by atoms with van der Waals surface area (Å²) in [5.74, 6) is 0.102. The molecule has 0 saturated carbocycles. The van der Waals surface area contributed by atoms with Gasteiger partial charge in [-0.15, -0.1) is 11.3 Å². The maximum Gasteiger partial charge on any atom is 0.281 e. The lowest BCUT2D eigenvalue weighted by Gasteiger charge is -2.19. The fraction of sp³-hybridized carbons (Fsp3) is 0.136. The number of ether oxygens (including phenoxy) is 2. The Kier molecular flexibility index (Phi) is 6.20. The number of hydrogen-bond acceptors (Lipinski definition) is 6. The van der Waals surface area contributed by atoms with Gasteiger partial charge in [-0.3, -0.25) is 20.4 Å². The van der Waals surface area contributed by atoms with E-state index in [-0.39, 0.29) is 0 Å². The second-order valence-corrected chi connectivity index (χ2v) is 8.01. The largest absolute Gasteiger partial charge is 0.486 e. The number of hydrazine groups is 1. The van der Waals surface area contributed by atoms with Crippen LogP contribution in [-0.2, 0) is 4.79 Å². The minimum Gasteiger partial charge on any atom is -0.486 e. The van der Waals surface area contributed by atoms with Crippen molar-refractivity contribution in [3.8, 4) is 22.1 Å². The van der Waals surface area contributed by atoms with Crippen molar-refractivity contribution in [1.82, 2.24) is 15.8 Å². The van der Waals surface area contributed by atoms with Crippen LogP contribution in [0.5, 0.6) is 11.5 Å². The topological polar surface area (TPSA) is 89.6 Å². The second-order valence-electron chi connectivity index (χ2n) is 6.60. The van der Waals surface area contributed by atoms with Crippen LogP contribution in [0, 0.1) is 6.92 Å². The number of carbonyl (C=O) groups is 2. The normalized spacial score (nSPS) is 12.6. The highest BCUT2D eigenvalue weighted by atomic mass is 35.5. The molecule has 31 heavy (non-hydrogen) atoms. The van der Waals surface area contributed by atoms with Gasteiger partial charge in [0.05, 0.1) is 10.7 Å². The summed E-state index contributed by atoms with van der Waals surface area (Å²) in [5.41, 5.74) is 6.97. The summed E-state index contributed by atoms with van der Waals surface area (Å²) >= 11 is 7.46. The first-order valence-electron chi connectivity index (χ1n) is 9.41. The average molecular weight is 456 g/mol. The lowest BCUT2D eigenvalue weighted by Crippen LogP contribution is -2.40. The van der Waals surface area contributed by atoms with Gasteiger partial charge in [0, 0.05) is 11.6 Å². The molecular formula is C22H18ClN3O4S. The van der Waals surface area contributed by atoms with E-state index in [1.54, 1.807) is 25.1 Å². The monoisotopic (exact) mass is 455 g/mol. The van der Waals surface area contributed by atoms with Gasteiger partial charge in [-0.25, -0.2) is 4.98 Å². The van der Waals surface area contributed by atoms with E-state index in [1.165, 1.54) is 17.4 Å². The summed E-state index contributed by atoms with van der Waals surface area (Å²) in [7, 11) is 0. The van der Waals surface area contributed by atoms with E-state index in [0.29, 0.717) is 45.9 Å². The third kappa shape index (κ3) is 4.87. The molecule has 0 bridgehead atoms. The predicted octanol–water partition coefficient (Wildman–Crippen LogP) is 4.02. The molecule has 0 aliphatic carbocycles. The van der Waals surface area contributed by atoms with Crippen LogP contribution in [0.15, 0.2) is 48.5 Å². The Bertz CT molecular complexity index is 1160. The lowest BCUT2D eigenvalue weighted by atomic mass is 10.1. The van der Waals surface area contributed by atoms with Crippen LogP contribution in [-0.4, -0.2) is 30.0 Å². The van der Waals surface area contributed by atoms with E-state index < -0.39 is 11.8 Å².